The van der Waals surface area contributed by atoms with Crippen LogP contribution in [0.3, 0.4) is 0 Å². The van der Waals surface area contributed by atoms with Crippen LogP contribution in [-0.4, -0.2) is 66.5 Å². The van der Waals surface area contributed by atoms with Gasteiger partial charge in [-0.05, 0) is 38.5 Å². The number of hydrogen-bond donors (Lipinski definition) is 2. The van der Waals surface area contributed by atoms with E-state index in [1.807, 2.05) is 30.0 Å². The van der Waals surface area contributed by atoms with Crippen LogP contribution in [0.5, 0.6) is 11.5 Å². The summed E-state index contributed by atoms with van der Waals surface area (Å²) in [5.74, 6) is 3.67. The molecule has 0 unspecified atom stereocenters. The Morgan fingerprint density at radius 3 is 2.60 bits per heavy atom. The molecule has 1 aromatic rings. The molecule has 25 heavy (non-hydrogen) atoms. The van der Waals surface area contributed by atoms with E-state index in [0.29, 0.717) is 18.0 Å². The summed E-state index contributed by atoms with van der Waals surface area (Å²) in [6.07, 6.45) is -0.491. The van der Waals surface area contributed by atoms with E-state index in [4.69, 9.17) is 9.47 Å². The molecule has 2 N–H and O–H groups in total. The highest BCUT2D eigenvalue weighted by atomic mass is 32.2. The normalized spacial score (nSPS) is 17.3. The molecule has 0 aliphatic carbocycles. The monoisotopic (exact) mass is 368 g/mol. The van der Waals surface area contributed by atoms with Crippen LogP contribution in [0.4, 0.5) is 0 Å². The van der Waals surface area contributed by atoms with E-state index in [2.05, 4.69) is 31.0 Å². The van der Waals surface area contributed by atoms with Crippen molar-refractivity contribution in [1.29, 1.82) is 0 Å². The number of aliphatic hydroxyl groups excluding tert-OH is 1. The smallest absolute Gasteiger partial charge is 0.161 e. The van der Waals surface area contributed by atoms with Crippen LogP contribution in [-0.2, 0) is 6.54 Å². The van der Waals surface area contributed by atoms with Crippen LogP contribution in [0.15, 0.2) is 18.2 Å². The summed E-state index contributed by atoms with van der Waals surface area (Å²) in [4.78, 5) is 2.29. The molecule has 2 rings (SSSR count). The SMILES string of the molecule is COc1cc(CNC(C)(C)C)ccc1OC[C@H](O)CN1CCSCC1. The Morgan fingerprint density at radius 1 is 1.24 bits per heavy atom. The van der Waals surface area contributed by atoms with Gasteiger partial charge in [0, 0.05) is 43.2 Å². The van der Waals surface area contributed by atoms with E-state index >= 15 is 0 Å². The Morgan fingerprint density at radius 2 is 1.96 bits per heavy atom. The minimum atomic E-state index is -0.491. The van der Waals surface area contributed by atoms with Gasteiger partial charge in [0.15, 0.2) is 11.5 Å². The van der Waals surface area contributed by atoms with Crippen LogP contribution >= 0.6 is 11.8 Å². The van der Waals surface area contributed by atoms with Crippen molar-refractivity contribution in [2.75, 3.05) is 44.9 Å². The third-order valence-corrected chi connectivity index (χ3v) is 5.00. The highest BCUT2D eigenvalue weighted by molar-refractivity contribution is 7.99. The number of ether oxygens (including phenoxy) is 2. The second kappa shape index (κ2) is 9.67. The number of rotatable bonds is 8. The molecule has 142 valence electrons. The minimum Gasteiger partial charge on any atom is -0.493 e. The number of nitrogens with one attached hydrogen (secondary N) is 1. The molecule has 1 heterocycles. The van der Waals surface area contributed by atoms with Gasteiger partial charge in [0.1, 0.15) is 12.7 Å². The highest BCUT2D eigenvalue weighted by Gasteiger charge is 2.16. The first kappa shape index (κ1) is 20.4. The topological polar surface area (TPSA) is 54.0 Å². The number of nitrogens with zero attached hydrogens (tertiary/aromatic N) is 1. The maximum absolute atomic E-state index is 10.2. The zero-order valence-electron chi connectivity index (χ0n) is 15.9. The van der Waals surface area contributed by atoms with Gasteiger partial charge in [-0.15, -0.1) is 0 Å². The summed E-state index contributed by atoms with van der Waals surface area (Å²) in [6.45, 7) is 10.2. The number of aliphatic hydroxyl groups is 1. The summed E-state index contributed by atoms with van der Waals surface area (Å²) in [5.41, 5.74) is 1.21. The number of thioether (sulfide) groups is 1. The Labute approximate surface area is 156 Å². The van der Waals surface area contributed by atoms with Crippen molar-refractivity contribution < 1.29 is 14.6 Å². The second-order valence-corrected chi connectivity index (χ2v) is 8.69. The molecule has 1 aliphatic rings. The third kappa shape index (κ3) is 7.44. The Kier molecular flexibility index (Phi) is 7.87. The lowest BCUT2D eigenvalue weighted by Crippen LogP contribution is -2.40. The first-order chi connectivity index (χ1) is 11.9. The van der Waals surface area contributed by atoms with Crippen LogP contribution < -0.4 is 14.8 Å². The predicted octanol–water partition coefficient (Wildman–Crippen LogP) is 2.37. The third-order valence-electron chi connectivity index (χ3n) is 4.05. The van der Waals surface area contributed by atoms with Crippen LogP contribution in [0.1, 0.15) is 26.3 Å². The van der Waals surface area contributed by atoms with E-state index in [1.165, 1.54) is 0 Å². The number of methoxy groups -OCH3 is 1. The minimum absolute atomic E-state index is 0.0689. The maximum Gasteiger partial charge on any atom is 0.161 e. The largest absolute Gasteiger partial charge is 0.493 e. The van der Waals surface area contributed by atoms with Gasteiger partial charge in [0.25, 0.3) is 0 Å². The molecule has 0 bridgehead atoms. The van der Waals surface area contributed by atoms with Crippen LogP contribution in [0.25, 0.3) is 0 Å². The van der Waals surface area contributed by atoms with Gasteiger partial charge >= 0.3 is 0 Å². The van der Waals surface area contributed by atoms with Gasteiger partial charge in [0.2, 0.25) is 0 Å². The van der Waals surface area contributed by atoms with Gasteiger partial charge in [-0.3, -0.25) is 4.90 Å². The lowest BCUT2D eigenvalue weighted by atomic mass is 10.1. The lowest BCUT2D eigenvalue weighted by Gasteiger charge is -2.28. The molecule has 6 heteroatoms. The van der Waals surface area contributed by atoms with E-state index in [9.17, 15) is 5.11 Å². The molecule has 1 fully saturated rings. The summed E-state index contributed by atoms with van der Waals surface area (Å²) < 4.78 is 11.3. The van der Waals surface area contributed by atoms with Gasteiger partial charge in [0.05, 0.1) is 7.11 Å². The van der Waals surface area contributed by atoms with E-state index in [-0.39, 0.29) is 12.1 Å². The first-order valence-corrected chi connectivity index (χ1v) is 10.1. The van der Waals surface area contributed by atoms with E-state index < -0.39 is 6.10 Å². The maximum atomic E-state index is 10.2. The van der Waals surface area contributed by atoms with Gasteiger partial charge in [-0.1, -0.05) is 6.07 Å². The van der Waals surface area contributed by atoms with Crippen LogP contribution in [0, 0.1) is 0 Å². The number of benzene rings is 1. The van der Waals surface area contributed by atoms with Gasteiger partial charge < -0.3 is 19.9 Å². The average molecular weight is 369 g/mol. The van der Waals surface area contributed by atoms with Gasteiger partial charge in [-0.2, -0.15) is 11.8 Å². The highest BCUT2D eigenvalue weighted by Crippen LogP contribution is 2.28. The quantitative estimate of drug-likeness (QED) is 0.735. The molecular formula is C19H32N2O3S. The standard InChI is InChI=1S/C19H32N2O3S/c1-19(2,3)20-12-15-5-6-17(18(11-15)23-4)24-14-16(22)13-21-7-9-25-10-8-21/h5-6,11,16,20,22H,7-10,12-14H2,1-4H3/t16-/m1/s1. The summed E-state index contributed by atoms with van der Waals surface area (Å²) in [5, 5.41) is 13.7. The average Bonchev–Trinajstić information content (AvgIpc) is 2.58. The summed E-state index contributed by atoms with van der Waals surface area (Å²) in [6, 6.07) is 5.94. The molecule has 0 aromatic heterocycles. The molecule has 1 aliphatic heterocycles. The Hall–Kier alpha value is -0.950. The van der Waals surface area contributed by atoms with Crippen molar-refractivity contribution >= 4 is 11.8 Å². The Balaban J connectivity index is 1.85. The van der Waals surface area contributed by atoms with E-state index in [1.54, 1.807) is 7.11 Å². The Bertz CT molecular complexity index is 528. The molecular weight excluding hydrogens is 336 g/mol. The number of hydrogen-bond acceptors (Lipinski definition) is 6. The fourth-order valence-corrected chi connectivity index (χ4v) is 3.61. The summed E-state index contributed by atoms with van der Waals surface area (Å²) in [7, 11) is 1.64. The van der Waals surface area contributed by atoms with Crippen LogP contribution in [0.2, 0.25) is 0 Å². The zero-order chi connectivity index (χ0) is 18.3. The predicted molar refractivity (Wildman–Crippen MR) is 105 cm³/mol. The van der Waals surface area contributed by atoms with Gasteiger partial charge in [-0.25, -0.2) is 0 Å². The first-order valence-electron chi connectivity index (χ1n) is 8.90. The second-order valence-electron chi connectivity index (χ2n) is 7.47. The fraction of sp³-hybridized carbons (Fsp3) is 0.684. The van der Waals surface area contributed by atoms with Crippen molar-refractivity contribution in [3.05, 3.63) is 23.8 Å². The van der Waals surface area contributed by atoms with Crippen molar-refractivity contribution in [3.8, 4) is 11.5 Å². The van der Waals surface area contributed by atoms with Crippen molar-refractivity contribution in [2.24, 2.45) is 0 Å². The molecule has 1 aromatic carbocycles. The fourth-order valence-electron chi connectivity index (χ4n) is 2.63. The molecule has 1 saturated heterocycles. The summed E-state index contributed by atoms with van der Waals surface area (Å²) >= 11 is 1.97. The molecule has 5 nitrogen and oxygen atoms in total. The molecule has 0 saturated carbocycles. The van der Waals surface area contributed by atoms with Crippen molar-refractivity contribution in [2.45, 2.75) is 39.0 Å². The molecule has 1 atom stereocenters. The van der Waals surface area contributed by atoms with Crippen molar-refractivity contribution in [1.82, 2.24) is 10.2 Å². The molecule has 0 spiro atoms. The number of β-amino-alcohol motifs (C(OH)–C–C–N with tert-alkyl or cyclic N) is 1. The zero-order valence-corrected chi connectivity index (χ0v) is 16.7. The molecule has 0 amide bonds. The molecule has 0 radical (unpaired) electrons. The van der Waals surface area contributed by atoms with Crippen molar-refractivity contribution in [3.63, 3.8) is 0 Å². The van der Waals surface area contributed by atoms with E-state index in [0.717, 1.165) is 36.7 Å². The lowest BCUT2D eigenvalue weighted by molar-refractivity contribution is 0.0705.